The third-order valence-electron chi connectivity index (χ3n) is 3.79. The van der Waals surface area contributed by atoms with E-state index in [0.717, 1.165) is 10.1 Å². The highest BCUT2D eigenvalue weighted by molar-refractivity contribution is 6.01. The summed E-state index contributed by atoms with van der Waals surface area (Å²) in [5, 5.41) is 11.6. The van der Waals surface area contributed by atoms with Gasteiger partial charge in [0.05, 0.1) is 6.20 Å². The van der Waals surface area contributed by atoms with Crippen LogP contribution in [-0.4, -0.2) is 26.5 Å². The summed E-state index contributed by atoms with van der Waals surface area (Å²) in [7, 11) is 0. The summed E-state index contributed by atoms with van der Waals surface area (Å²) in [6.07, 6.45) is 4.94. The molecule has 1 aliphatic heterocycles. The van der Waals surface area contributed by atoms with Crippen molar-refractivity contribution in [3.05, 3.63) is 64.3 Å². The molecule has 0 saturated carbocycles. The Hall–Kier alpha value is -3.22. The van der Waals surface area contributed by atoms with E-state index in [9.17, 15) is 19.5 Å². The Balaban J connectivity index is 1.80. The number of hydrogen-bond acceptors (Lipinski definition) is 4. The minimum Gasteiger partial charge on any atom is -0.480 e. The maximum absolute atomic E-state index is 12.4. The normalized spacial score (nSPS) is 16.1. The molecule has 0 aliphatic carbocycles. The lowest BCUT2D eigenvalue weighted by atomic mass is 10.2. The van der Waals surface area contributed by atoms with Crippen LogP contribution < -0.4 is 10.9 Å². The molecule has 0 bridgehead atoms. The maximum Gasteiger partial charge on any atom is 0.326 e. The van der Waals surface area contributed by atoms with Crippen molar-refractivity contribution in [2.75, 3.05) is 5.32 Å². The van der Waals surface area contributed by atoms with Gasteiger partial charge in [-0.1, -0.05) is 30.3 Å². The number of nitrogens with zero attached hydrogens (tertiary/aromatic N) is 2. The molecule has 7 nitrogen and oxygen atoms in total. The molecule has 1 aliphatic rings. The predicted octanol–water partition coefficient (Wildman–Crippen LogP) is 1.47. The fourth-order valence-corrected chi connectivity index (χ4v) is 2.63. The number of fused-ring (bicyclic) bond motifs is 1. The molecule has 1 atom stereocenters. The van der Waals surface area contributed by atoms with Crippen molar-refractivity contribution < 1.29 is 14.7 Å². The zero-order chi connectivity index (χ0) is 17.1. The van der Waals surface area contributed by atoms with Gasteiger partial charge >= 0.3 is 5.97 Å². The van der Waals surface area contributed by atoms with Gasteiger partial charge in [-0.25, -0.2) is 9.78 Å². The fourth-order valence-electron chi connectivity index (χ4n) is 2.63. The van der Waals surface area contributed by atoms with Crippen molar-refractivity contribution in [2.24, 2.45) is 0 Å². The van der Waals surface area contributed by atoms with Crippen molar-refractivity contribution in [2.45, 2.75) is 18.9 Å². The Kier molecular flexibility index (Phi) is 4.24. The number of aliphatic carboxylic acids is 1. The van der Waals surface area contributed by atoms with Gasteiger partial charge in [-0.3, -0.25) is 14.2 Å². The Morgan fingerprint density at radius 2 is 2.04 bits per heavy atom. The number of hydrogen-bond donors (Lipinski definition) is 2. The van der Waals surface area contributed by atoms with Crippen LogP contribution in [0.2, 0.25) is 0 Å². The number of carboxylic acid groups (broad SMARTS) is 1. The Labute approximate surface area is 137 Å². The maximum atomic E-state index is 12.4. The SMILES string of the molecule is O=C(/C=C/c1ccccc1)Nc1cnc2n(c1=O)C(C(=O)O)CC2. The average Bonchev–Trinajstić information content (AvgIpc) is 3.02. The lowest BCUT2D eigenvalue weighted by molar-refractivity contribution is -0.140. The second-order valence-corrected chi connectivity index (χ2v) is 5.39. The molecule has 2 heterocycles. The van der Waals surface area contributed by atoms with Crippen molar-refractivity contribution in [3.8, 4) is 0 Å². The first-order valence-electron chi connectivity index (χ1n) is 7.43. The molecular formula is C17H15N3O4. The molecule has 1 aromatic carbocycles. The Bertz CT molecular complexity index is 871. The lowest BCUT2D eigenvalue weighted by Gasteiger charge is -2.11. The summed E-state index contributed by atoms with van der Waals surface area (Å²) in [5.74, 6) is -1.14. The molecule has 24 heavy (non-hydrogen) atoms. The smallest absolute Gasteiger partial charge is 0.326 e. The third kappa shape index (κ3) is 3.10. The monoisotopic (exact) mass is 325 g/mol. The van der Waals surface area contributed by atoms with Gasteiger partial charge in [0.15, 0.2) is 0 Å². The van der Waals surface area contributed by atoms with Crippen LogP contribution in [-0.2, 0) is 16.0 Å². The van der Waals surface area contributed by atoms with Gasteiger partial charge in [0.2, 0.25) is 5.91 Å². The van der Waals surface area contributed by atoms with Gasteiger partial charge in [-0.15, -0.1) is 0 Å². The van der Waals surface area contributed by atoms with E-state index in [-0.39, 0.29) is 5.69 Å². The number of carboxylic acids is 1. The molecule has 0 saturated heterocycles. The van der Waals surface area contributed by atoms with Crippen molar-refractivity contribution >= 4 is 23.6 Å². The molecule has 2 N–H and O–H groups in total. The van der Waals surface area contributed by atoms with Gasteiger partial charge in [-0.2, -0.15) is 0 Å². The lowest BCUT2D eigenvalue weighted by Crippen LogP contribution is -2.31. The van der Waals surface area contributed by atoms with Gasteiger partial charge < -0.3 is 10.4 Å². The van der Waals surface area contributed by atoms with E-state index in [1.807, 2.05) is 30.3 Å². The number of anilines is 1. The Morgan fingerprint density at radius 3 is 2.75 bits per heavy atom. The van der Waals surface area contributed by atoms with E-state index < -0.39 is 23.5 Å². The van der Waals surface area contributed by atoms with Crippen LogP contribution in [0.5, 0.6) is 0 Å². The predicted molar refractivity (Wildman–Crippen MR) is 87.6 cm³/mol. The fraction of sp³-hybridized carbons (Fsp3) is 0.176. The van der Waals surface area contributed by atoms with E-state index in [2.05, 4.69) is 10.3 Å². The van der Waals surface area contributed by atoms with Crippen molar-refractivity contribution in [1.29, 1.82) is 0 Å². The molecule has 0 spiro atoms. The number of rotatable bonds is 4. The molecule has 0 radical (unpaired) electrons. The van der Waals surface area contributed by atoms with E-state index in [4.69, 9.17) is 0 Å². The average molecular weight is 325 g/mol. The number of aryl methyl sites for hydroxylation is 1. The molecule has 2 aromatic rings. The molecule has 7 heteroatoms. The minimum atomic E-state index is -1.08. The molecular weight excluding hydrogens is 310 g/mol. The summed E-state index contributed by atoms with van der Waals surface area (Å²) in [5.41, 5.74) is 0.267. The number of aromatic nitrogens is 2. The number of carbonyl (C=O) groups excluding carboxylic acids is 1. The largest absolute Gasteiger partial charge is 0.480 e. The molecule has 3 rings (SSSR count). The van der Waals surface area contributed by atoms with Crippen molar-refractivity contribution in [3.63, 3.8) is 0 Å². The highest BCUT2D eigenvalue weighted by Gasteiger charge is 2.30. The van der Waals surface area contributed by atoms with Gasteiger partial charge in [0, 0.05) is 12.5 Å². The highest BCUT2D eigenvalue weighted by Crippen LogP contribution is 2.22. The summed E-state index contributed by atoms with van der Waals surface area (Å²) >= 11 is 0. The van der Waals surface area contributed by atoms with E-state index >= 15 is 0 Å². The van der Waals surface area contributed by atoms with Crippen LogP contribution in [0.25, 0.3) is 6.08 Å². The van der Waals surface area contributed by atoms with Gasteiger partial charge in [-0.05, 0) is 18.1 Å². The van der Waals surface area contributed by atoms with Crippen LogP contribution in [0.3, 0.4) is 0 Å². The van der Waals surface area contributed by atoms with Gasteiger partial charge in [0.25, 0.3) is 5.56 Å². The summed E-state index contributed by atoms with van der Waals surface area (Å²) in [6.45, 7) is 0. The molecule has 1 aromatic heterocycles. The summed E-state index contributed by atoms with van der Waals surface area (Å²) < 4.78 is 1.14. The molecule has 1 unspecified atom stereocenters. The second-order valence-electron chi connectivity index (χ2n) is 5.39. The quantitative estimate of drug-likeness (QED) is 0.829. The number of amides is 1. The van der Waals surface area contributed by atoms with Crippen LogP contribution in [0.1, 0.15) is 23.9 Å². The van der Waals surface area contributed by atoms with Crippen LogP contribution in [0.15, 0.2) is 47.4 Å². The van der Waals surface area contributed by atoms with Crippen LogP contribution >= 0.6 is 0 Å². The van der Waals surface area contributed by atoms with Crippen LogP contribution in [0, 0.1) is 0 Å². The van der Waals surface area contributed by atoms with Gasteiger partial charge in [0.1, 0.15) is 17.6 Å². The summed E-state index contributed by atoms with van der Waals surface area (Å²) in [4.78, 5) is 39.7. The van der Waals surface area contributed by atoms with E-state index in [1.165, 1.54) is 12.3 Å². The molecule has 122 valence electrons. The van der Waals surface area contributed by atoms with E-state index in [1.54, 1.807) is 6.08 Å². The molecule has 0 fully saturated rings. The topological polar surface area (TPSA) is 101 Å². The van der Waals surface area contributed by atoms with E-state index in [0.29, 0.717) is 18.7 Å². The standard InChI is InChI=1S/C17H15N3O4/c21-15(9-6-11-4-2-1-3-5-11)19-12-10-18-14-8-7-13(17(23)24)20(14)16(12)22/h1-6,9-10,13H,7-8H2,(H,19,21)(H,23,24)/b9-6+. The van der Waals surface area contributed by atoms with Crippen LogP contribution in [0.4, 0.5) is 5.69 Å². The molecule has 1 amide bonds. The first kappa shape index (κ1) is 15.7. The number of benzene rings is 1. The Morgan fingerprint density at radius 1 is 1.29 bits per heavy atom. The first-order valence-corrected chi connectivity index (χ1v) is 7.43. The zero-order valence-corrected chi connectivity index (χ0v) is 12.7. The minimum absolute atomic E-state index is 0.0328. The second kappa shape index (κ2) is 6.49. The number of carbonyl (C=O) groups is 2. The zero-order valence-electron chi connectivity index (χ0n) is 12.7. The highest BCUT2D eigenvalue weighted by atomic mass is 16.4. The number of nitrogens with one attached hydrogen (secondary N) is 1. The first-order chi connectivity index (χ1) is 11.6. The van der Waals surface area contributed by atoms with Crippen molar-refractivity contribution in [1.82, 2.24) is 9.55 Å². The summed E-state index contributed by atoms with van der Waals surface area (Å²) in [6, 6.07) is 8.31. The third-order valence-corrected chi connectivity index (χ3v) is 3.79.